The average molecular weight is 345 g/mol. The molecule has 0 spiro atoms. The Bertz CT molecular complexity index is 616. The van der Waals surface area contributed by atoms with Crippen LogP contribution in [-0.4, -0.2) is 13.2 Å². The Labute approximate surface area is 140 Å². The normalized spacial score (nSPS) is 10.7. The zero-order valence-corrected chi connectivity index (χ0v) is 13.9. The minimum Gasteiger partial charge on any atom is -0.492 e. The van der Waals surface area contributed by atoms with Crippen molar-refractivity contribution in [3.8, 4) is 5.75 Å². The van der Waals surface area contributed by atoms with E-state index in [4.69, 9.17) is 39.5 Å². The van der Waals surface area contributed by atoms with Gasteiger partial charge in [-0.25, -0.2) is 0 Å². The first-order valence-corrected chi connectivity index (χ1v) is 7.74. The van der Waals surface area contributed by atoms with Crippen LogP contribution in [0, 0.1) is 6.92 Å². The maximum Gasteiger partial charge on any atom is 0.119 e. The fourth-order valence-corrected chi connectivity index (χ4v) is 2.57. The molecule has 2 rings (SSSR count). The molecule has 21 heavy (non-hydrogen) atoms. The highest BCUT2D eigenvalue weighted by Gasteiger charge is 2.08. The Morgan fingerprint density at radius 2 is 1.81 bits per heavy atom. The van der Waals surface area contributed by atoms with Gasteiger partial charge in [0, 0.05) is 23.7 Å². The van der Waals surface area contributed by atoms with Gasteiger partial charge in [0.15, 0.2) is 0 Å². The topological polar surface area (TPSA) is 21.3 Å². The molecule has 0 aliphatic heterocycles. The minimum absolute atomic E-state index is 0.497. The third-order valence-electron chi connectivity index (χ3n) is 2.98. The standard InChI is InChI=1S/C16H16Cl3NO/c1-11-3-2-4-12(9-11)21-8-7-20-10-13-14(17)5-6-15(18)16(13)19/h2-6,9,20H,7-8,10H2,1H3. The Hall–Kier alpha value is -0.930. The number of rotatable bonds is 6. The van der Waals surface area contributed by atoms with Crippen molar-refractivity contribution in [3.63, 3.8) is 0 Å². The van der Waals surface area contributed by atoms with E-state index >= 15 is 0 Å². The van der Waals surface area contributed by atoms with Gasteiger partial charge < -0.3 is 10.1 Å². The smallest absolute Gasteiger partial charge is 0.119 e. The van der Waals surface area contributed by atoms with Crippen molar-refractivity contribution in [2.24, 2.45) is 0 Å². The van der Waals surface area contributed by atoms with Gasteiger partial charge >= 0.3 is 0 Å². The summed E-state index contributed by atoms with van der Waals surface area (Å²) in [7, 11) is 0. The molecule has 1 N–H and O–H groups in total. The van der Waals surface area contributed by atoms with Crippen LogP contribution in [0.25, 0.3) is 0 Å². The molecule has 0 aliphatic carbocycles. The predicted molar refractivity (Wildman–Crippen MR) is 89.9 cm³/mol. The summed E-state index contributed by atoms with van der Waals surface area (Å²) in [6, 6.07) is 11.4. The fourth-order valence-electron chi connectivity index (χ4n) is 1.89. The van der Waals surface area contributed by atoms with Crippen LogP contribution < -0.4 is 10.1 Å². The molecule has 0 radical (unpaired) electrons. The Morgan fingerprint density at radius 1 is 1.05 bits per heavy atom. The molecule has 2 aromatic carbocycles. The third kappa shape index (κ3) is 4.79. The lowest BCUT2D eigenvalue weighted by Crippen LogP contribution is -2.21. The molecule has 0 atom stereocenters. The van der Waals surface area contributed by atoms with Gasteiger partial charge in [-0.05, 0) is 36.8 Å². The second-order valence-electron chi connectivity index (χ2n) is 4.66. The number of nitrogens with one attached hydrogen (secondary N) is 1. The lowest BCUT2D eigenvalue weighted by Gasteiger charge is -2.11. The number of hydrogen-bond acceptors (Lipinski definition) is 2. The minimum atomic E-state index is 0.497. The molecule has 2 aromatic rings. The molecule has 0 heterocycles. The van der Waals surface area contributed by atoms with E-state index in [1.807, 2.05) is 31.2 Å². The zero-order valence-electron chi connectivity index (χ0n) is 11.6. The monoisotopic (exact) mass is 343 g/mol. The van der Waals surface area contributed by atoms with E-state index in [0.717, 1.165) is 11.3 Å². The van der Waals surface area contributed by atoms with Crippen molar-refractivity contribution in [1.82, 2.24) is 5.32 Å². The van der Waals surface area contributed by atoms with Gasteiger partial charge in [-0.2, -0.15) is 0 Å². The molecule has 0 saturated carbocycles. The van der Waals surface area contributed by atoms with E-state index in [2.05, 4.69) is 5.32 Å². The molecule has 0 bridgehead atoms. The summed E-state index contributed by atoms with van der Waals surface area (Å²) in [5.41, 5.74) is 1.99. The van der Waals surface area contributed by atoms with E-state index in [9.17, 15) is 0 Å². The summed E-state index contributed by atoms with van der Waals surface area (Å²) in [5, 5.41) is 4.86. The molecule has 112 valence electrons. The summed E-state index contributed by atoms with van der Waals surface area (Å²) in [5.74, 6) is 0.871. The van der Waals surface area contributed by atoms with Gasteiger partial charge in [0.25, 0.3) is 0 Å². The van der Waals surface area contributed by atoms with E-state index in [0.29, 0.717) is 34.8 Å². The second kappa shape index (κ2) is 7.90. The van der Waals surface area contributed by atoms with E-state index in [1.165, 1.54) is 5.56 Å². The fraction of sp³-hybridized carbons (Fsp3) is 0.250. The van der Waals surface area contributed by atoms with E-state index in [-0.39, 0.29) is 0 Å². The van der Waals surface area contributed by atoms with Crippen molar-refractivity contribution in [3.05, 3.63) is 62.6 Å². The number of ether oxygens (including phenoxy) is 1. The zero-order chi connectivity index (χ0) is 15.2. The largest absolute Gasteiger partial charge is 0.492 e. The average Bonchev–Trinajstić information content (AvgIpc) is 2.46. The van der Waals surface area contributed by atoms with Crippen LogP contribution in [0.5, 0.6) is 5.75 Å². The Balaban J connectivity index is 1.79. The molecular weight excluding hydrogens is 329 g/mol. The van der Waals surface area contributed by atoms with Gasteiger partial charge in [-0.15, -0.1) is 0 Å². The molecule has 2 nitrogen and oxygen atoms in total. The van der Waals surface area contributed by atoms with Gasteiger partial charge in [0.2, 0.25) is 0 Å². The highest BCUT2D eigenvalue weighted by molar-refractivity contribution is 6.44. The van der Waals surface area contributed by atoms with Crippen molar-refractivity contribution in [2.75, 3.05) is 13.2 Å². The highest BCUT2D eigenvalue weighted by atomic mass is 35.5. The highest BCUT2D eigenvalue weighted by Crippen LogP contribution is 2.31. The SMILES string of the molecule is Cc1cccc(OCCNCc2c(Cl)ccc(Cl)c2Cl)c1. The van der Waals surface area contributed by atoms with Gasteiger partial charge in [0.05, 0.1) is 10.0 Å². The first kappa shape index (κ1) is 16.4. The van der Waals surface area contributed by atoms with Gasteiger partial charge in [0.1, 0.15) is 12.4 Å². The number of aryl methyl sites for hydroxylation is 1. The molecule has 0 saturated heterocycles. The summed E-state index contributed by atoms with van der Waals surface area (Å²) in [6.07, 6.45) is 0. The summed E-state index contributed by atoms with van der Waals surface area (Å²) in [4.78, 5) is 0. The third-order valence-corrected chi connectivity index (χ3v) is 4.18. The molecule has 0 aliphatic rings. The van der Waals surface area contributed by atoms with Crippen LogP contribution in [0.4, 0.5) is 0 Å². The first-order chi connectivity index (χ1) is 10.1. The number of halogens is 3. The molecule has 0 aromatic heterocycles. The van der Waals surface area contributed by atoms with Crippen LogP contribution in [0.1, 0.15) is 11.1 Å². The summed E-state index contributed by atoms with van der Waals surface area (Å²) >= 11 is 18.2. The Morgan fingerprint density at radius 3 is 2.57 bits per heavy atom. The Kier molecular flexibility index (Phi) is 6.19. The second-order valence-corrected chi connectivity index (χ2v) is 5.86. The van der Waals surface area contributed by atoms with Crippen molar-refractivity contribution >= 4 is 34.8 Å². The molecule has 5 heteroatoms. The van der Waals surface area contributed by atoms with Crippen LogP contribution in [0.15, 0.2) is 36.4 Å². The lowest BCUT2D eigenvalue weighted by molar-refractivity contribution is 0.313. The molecule has 0 amide bonds. The quantitative estimate of drug-likeness (QED) is 0.580. The van der Waals surface area contributed by atoms with E-state index in [1.54, 1.807) is 12.1 Å². The van der Waals surface area contributed by atoms with Crippen LogP contribution in [0.2, 0.25) is 15.1 Å². The van der Waals surface area contributed by atoms with Crippen LogP contribution >= 0.6 is 34.8 Å². The van der Waals surface area contributed by atoms with Crippen LogP contribution in [-0.2, 0) is 6.54 Å². The molecule has 0 fully saturated rings. The number of hydrogen-bond donors (Lipinski definition) is 1. The molecule has 0 unspecified atom stereocenters. The first-order valence-electron chi connectivity index (χ1n) is 6.60. The maximum absolute atomic E-state index is 6.14. The van der Waals surface area contributed by atoms with Gasteiger partial charge in [-0.1, -0.05) is 46.9 Å². The lowest BCUT2D eigenvalue weighted by atomic mass is 10.2. The van der Waals surface area contributed by atoms with Crippen molar-refractivity contribution in [2.45, 2.75) is 13.5 Å². The maximum atomic E-state index is 6.14. The van der Waals surface area contributed by atoms with Gasteiger partial charge in [-0.3, -0.25) is 0 Å². The van der Waals surface area contributed by atoms with Crippen molar-refractivity contribution in [1.29, 1.82) is 0 Å². The molecular formula is C16H16Cl3NO. The summed E-state index contributed by atoms with van der Waals surface area (Å²) in [6.45, 7) is 3.84. The predicted octanol–water partition coefficient (Wildman–Crippen LogP) is 5.12. The van der Waals surface area contributed by atoms with E-state index < -0.39 is 0 Å². The summed E-state index contributed by atoms with van der Waals surface area (Å²) < 4.78 is 5.65. The number of benzene rings is 2. The van der Waals surface area contributed by atoms with Crippen molar-refractivity contribution < 1.29 is 4.74 Å². The van der Waals surface area contributed by atoms with Crippen LogP contribution in [0.3, 0.4) is 0 Å².